The van der Waals surface area contributed by atoms with Crippen LogP contribution in [-0.2, 0) is 9.47 Å². The van der Waals surface area contributed by atoms with Gasteiger partial charge in [0.05, 0.1) is 13.2 Å². The van der Waals surface area contributed by atoms with Gasteiger partial charge < -0.3 is 9.47 Å². The van der Waals surface area contributed by atoms with Gasteiger partial charge in [0.2, 0.25) is 0 Å². The maximum absolute atomic E-state index is 4.52. The van der Waals surface area contributed by atoms with Gasteiger partial charge in [0.15, 0.2) is 0 Å². The van der Waals surface area contributed by atoms with Crippen molar-refractivity contribution in [2.75, 3.05) is 13.2 Å². The lowest BCUT2D eigenvalue weighted by Gasteiger charge is -1.82. The SMILES string of the molecule is CCOC=S.CCOC=S.S.S.S.S. The summed E-state index contributed by atoms with van der Waals surface area (Å²) < 4.78 is 9.05. The van der Waals surface area contributed by atoms with Crippen molar-refractivity contribution in [1.82, 2.24) is 0 Å². The lowest BCUT2D eigenvalue weighted by Crippen LogP contribution is -1.78. The Morgan fingerprint density at radius 1 is 0.786 bits per heavy atom. The molecule has 0 radical (unpaired) electrons. The van der Waals surface area contributed by atoms with Crippen molar-refractivity contribution in [3.8, 4) is 0 Å². The minimum Gasteiger partial charge on any atom is -0.490 e. The highest BCUT2D eigenvalue weighted by Gasteiger charge is 1.58. The third kappa shape index (κ3) is 72.9. The summed E-state index contributed by atoms with van der Waals surface area (Å²) >= 11 is 8.61. The molecule has 0 aromatic carbocycles. The van der Waals surface area contributed by atoms with Gasteiger partial charge in [0.1, 0.15) is 11.1 Å². The first-order valence-corrected chi connectivity index (χ1v) is 3.88. The van der Waals surface area contributed by atoms with Crippen LogP contribution in [0.3, 0.4) is 0 Å². The number of rotatable bonds is 4. The predicted octanol–water partition coefficient (Wildman–Crippen LogP) is 2.41. The van der Waals surface area contributed by atoms with E-state index < -0.39 is 0 Å². The normalized spacial score (nSPS) is 4.71. The van der Waals surface area contributed by atoms with E-state index in [1.54, 1.807) is 0 Å². The maximum atomic E-state index is 4.52. The smallest absolute Gasteiger partial charge is 0.146 e. The molecule has 0 N–H and O–H groups in total. The fraction of sp³-hybridized carbons (Fsp3) is 0.667. The second-order valence-electron chi connectivity index (χ2n) is 1.10. The molecule has 0 saturated carbocycles. The monoisotopic (exact) mass is 316 g/mol. The summed E-state index contributed by atoms with van der Waals surface area (Å²) in [6.45, 7) is 5.15. The van der Waals surface area contributed by atoms with Crippen molar-refractivity contribution in [3.05, 3.63) is 0 Å². The highest BCUT2D eigenvalue weighted by molar-refractivity contribution is 7.78. The van der Waals surface area contributed by atoms with Gasteiger partial charge in [-0.15, -0.1) is 0 Å². The summed E-state index contributed by atoms with van der Waals surface area (Å²) in [4.78, 5) is 0. The van der Waals surface area contributed by atoms with Gasteiger partial charge in [-0.2, -0.15) is 54.0 Å². The fourth-order valence-corrected chi connectivity index (χ4v) is 0.408. The average Bonchev–Trinajstić information content (AvgIpc) is 1.93. The molecule has 0 rings (SSSR count). The van der Waals surface area contributed by atoms with E-state index >= 15 is 0 Å². The zero-order chi connectivity index (χ0) is 8.24. The van der Waals surface area contributed by atoms with E-state index in [0.717, 1.165) is 0 Å². The number of hydrogen-bond donors (Lipinski definition) is 0. The van der Waals surface area contributed by atoms with Gasteiger partial charge in [0.25, 0.3) is 0 Å². The van der Waals surface area contributed by atoms with Crippen LogP contribution in [0.4, 0.5) is 0 Å². The Morgan fingerprint density at radius 2 is 1.00 bits per heavy atom. The van der Waals surface area contributed by atoms with Crippen molar-refractivity contribution in [1.29, 1.82) is 0 Å². The van der Waals surface area contributed by atoms with Gasteiger partial charge in [-0.05, 0) is 38.3 Å². The molecular formula is C6H20O2S6. The van der Waals surface area contributed by atoms with Crippen LogP contribution in [0.2, 0.25) is 0 Å². The Balaban J connectivity index is -0.0000000178. The van der Waals surface area contributed by atoms with Crippen LogP contribution in [0.15, 0.2) is 0 Å². The topological polar surface area (TPSA) is 18.5 Å². The maximum Gasteiger partial charge on any atom is 0.146 e. The molecule has 0 aromatic rings. The van der Waals surface area contributed by atoms with E-state index in [2.05, 4.69) is 33.9 Å². The molecule has 0 saturated heterocycles. The van der Waals surface area contributed by atoms with Crippen LogP contribution in [0.1, 0.15) is 13.8 Å². The number of hydrogen-bond acceptors (Lipinski definition) is 4. The molecule has 0 amide bonds. The minimum absolute atomic E-state index is 0. The third-order valence-corrected chi connectivity index (χ3v) is 0.742. The summed E-state index contributed by atoms with van der Waals surface area (Å²) in [6, 6.07) is 0. The molecule has 0 atom stereocenters. The molecule has 0 aliphatic carbocycles. The number of thiocarbonyl (C=S) groups is 2. The molecule has 0 unspecified atom stereocenters. The van der Waals surface area contributed by atoms with Gasteiger partial charge >= 0.3 is 0 Å². The average molecular weight is 317 g/mol. The van der Waals surface area contributed by atoms with Crippen LogP contribution in [0, 0.1) is 0 Å². The van der Waals surface area contributed by atoms with Crippen LogP contribution in [-0.4, -0.2) is 24.3 Å². The molecular weight excluding hydrogens is 296 g/mol. The summed E-state index contributed by atoms with van der Waals surface area (Å²) in [5.74, 6) is 0. The summed E-state index contributed by atoms with van der Waals surface area (Å²) in [6.07, 6.45) is 0. The first-order chi connectivity index (χ1) is 4.83. The molecule has 8 heteroatoms. The lowest BCUT2D eigenvalue weighted by molar-refractivity contribution is 0.351. The minimum atomic E-state index is 0. The first kappa shape index (κ1) is 36.2. The molecule has 0 aliphatic heterocycles. The van der Waals surface area contributed by atoms with Crippen molar-refractivity contribution < 1.29 is 9.47 Å². The molecule has 0 aliphatic rings. The summed E-state index contributed by atoms with van der Waals surface area (Å²) in [5.41, 5.74) is 2.53. The first-order valence-electron chi connectivity index (χ1n) is 2.93. The molecule has 0 aromatic heterocycles. The van der Waals surface area contributed by atoms with Crippen molar-refractivity contribution in [2.24, 2.45) is 0 Å². The highest BCUT2D eigenvalue weighted by Crippen LogP contribution is 1.60. The number of ether oxygens (including phenoxy) is 2. The van der Waals surface area contributed by atoms with Crippen molar-refractivity contribution in [3.63, 3.8) is 0 Å². The molecule has 0 bridgehead atoms. The zero-order valence-electron chi connectivity index (χ0n) is 8.20. The Hall–Kier alpha value is 1.18. The fourth-order valence-electron chi connectivity index (χ4n) is 0.136. The van der Waals surface area contributed by atoms with Crippen LogP contribution < -0.4 is 0 Å². The van der Waals surface area contributed by atoms with Crippen molar-refractivity contribution >= 4 is 89.5 Å². The van der Waals surface area contributed by atoms with E-state index in [4.69, 9.17) is 0 Å². The summed E-state index contributed by atoms with van der Waals surface area (Å²) in [5, 5.41) is 0. The Morgan fingerprint density at radius 3 is 1.00 bits per heavy atom. The van der Waals surface area contributed by atoms with Gasteiger partial charge in [-0.3, -0.25) is 0 Å². The highest BCUT2D eigenvalue weighted by atomic mass is 32.1. The van der Waals surface area contributed by atoms with Gasteiger partial charge in [-0.1, -0.05) is 0 Å². The molecule has 14 heavy (non-hydrogen) atoms. The van der Waals surface area contributed by atoms with Gasteiger partial charge in [-0.25, -0.2) is 0 Å². The predicted molar refractivity (Wildman–Crippen MR) is 92.1 cm³/mol. The Kier molecular flexibility index (Phi) is 124. The molecule has 0 fully saturated rings. The molecule has 2 nitrogen and oxygen atoms in total. The molecule has 0 spiro atoms. The van der Waals surface area contributed by atoms with Gasteiger partial charge in [0, 0.05) is 0 Å². The van der Waals surface area contributed by atoms with Crippen LogP contribution in [0.5, 0.6) is 0 Å². The van der Waals surface area contributed by atoms with E-state index in [1.807, 2.05) is 13.8 Å². The second kappa shape index (κ2) is 47.8. The molecule has 0 heterocycles. The van der Waals surface area contributed by atoms with E-state index in [0.29, 0.717) is 13.2 Å². The quantitative estimate of drug-likeness (QED) is 0.741. The zero-order valence-corrected chi connectivity index (χ0v) is 13.8. The Labute approximate surface area is 125 Å². The lowest BCUT2D eigenvalue weighted by atomic mass is 10.9. The van der Waals surface area contributed by atoms with E-state index in [1.165, 1.54) is 11.1 Å². The third-order valence-electron chi connectivity index (χ3n) is 0.469. The van der Waals surface area contributed by atoms with E-state index in [9.17, 15) is 0 Å². The molecule has 92 valence electrons. The largest absolute Gasteiger partial charge is 0.490 e. The Bertz CT molecular complexity index is 72.7. The standard InChI is InChI=1S/2C3H6OS.4H2S/c2*1-2-4-3-5;;;;/h2*3H,2H2,1H3;4*1H2. The summed E-state index contributed by atoms with van der Waals surface area (Å²) in [7, 11) is 0. The van der Waals surface area contributed by atoms with Crippen LogP contribution >= 0.6 is 78.4 Å². The second-order valence-corrected chi connectivity index (χ2v) is 1.49. The van der Waals surface area contributed by atoms with Crippen molar-refractivity contribution in [2.45, 2.75) is 13.8 Å². The van der Waals surface area contributed by atoms with Crippen LogP contribution in [0.25, 0.3) is 0 Å². The van der Waals surface area contributed by atoms with E-state index in [-0.39, 0.29) is 54.0 Å².